The number of imidazole rings is 1. The van der Waals surface area contributed by atoms with E-state index in [0.717, 1.165) is 11.1 Å². The fourth-order valence-corrected chi connectivity index (χ4v) is 3.25. The van der Waals surface area contributed by atoms with Crippen LogP contribution in [0.1, 0.15) is 12.5 Å². The number of carbonyl (C=O) groups is 1. The van der Waals surface area contributed by atoms with Crippen molar-refractivity contribution < 1.29 is 9.53 Å². The lowest BCUT2D eigenvalue weighted by Crippen LogP contribution is -2.22. The number of thioether (sulfide) groups is 1. The van der Waals surface area contributed by atoms with Crippen molar-refractivity contribution >= 4 is 46.1 Å². The average molecular weight is 377 g/mol. The summed E-state index contributed by atoms with van der Waals surface area (Å²) in [6.45, 7) is 3.77. The molecule has 25 heavy (non-hydrogen) atoms. The lowest BCUT2D eigenvalue weighted by atomic mass is 10.2. The van der Waals surface area contributed by atoms with Gasteiger partial charge in [0.15, 0.2) is 10.8 Å². The molecule has 0 fully saturated rings. The molecule has 3 rings (SSSR count). The van der Waals surface area contributed by atoms with Gasteiger partial charge >= 0.3 is 0 Å². The van der Waals surface area contributed by atoms with E-state index in [1.165, 1.54) is 11.8 Å². The third-order valence-electron chi connectivity index (χ3n) is 3.55. The topological polar surface area (TPSA) is 79.9 Å². The van der Waals surface area contributed by atoms with E-state index in [9.17, 15) is 4.79 Å². The zero-order valence-electron chi connectivity index (χ0n) is 14.0. The first-order chi connectivity index (χ1) is 12.0. The maximum Gasteiger partial charge on any atom is 0.237 e. The van der Waals surface area contributed by atoms with Crippen LogP contribution in [0, 0.1) is 6.92 Å². The van der Waals surface area contributed by atoms with Crippen LogP contribution in [0.5, 0.6) is 5.75 Å². The van der Waals surface area contributed by atoms with Crippen LogP contribution in [0.3, 0.4) is 0 Å². The van der Waals surface area contributed by atoms with Crippen molar-refractivity contribution in [3.05, 3.63) is 41.0 Å². The number of carbonyl (C=O) groups excluding carboxylic acids is 1. The lowest BCUT2D eigenvalue weighted by Gasteiger charge is -2.14. The van der Waals surface area contributed by atoms with Gasteiger partial charge in [0.05, 0.1) is 28.6 Å². The van der Waals surface area contributed by atoms with Crippen LogP contribution in [0.15, 0.2) is 35.6 Å². The summed E-state index contributed by atoms with van der Waals surface area (Å²) in [6.07, 6.45) is 1.54. The summed E-state index contributed by atoms with van der Waals surface area (Å²) < 4.78 is 5.29. The number of aromatic amines is 1. The second kappa shape index (κ2) is 7.33. The molecule has 2 N–H and O–H groups in total. The molecule has 0 aliphatic carbocycles. The Morgan fingerprint density at radius 2 is 2.20 bits per heavy atom. The first-order valence-corrected chi connectivity index (χ1v) is 8.85. The Morgan fingerprint density at radius 3 is 2.96 bits per heavy atom. The van der Waals surface area contributed by atoms with Crippen molar-refractivity contribution in [2.75, 3.05) is 12.4 Å². The number of nitrogens with one attached hydrogen (secondary N) is 2. The highest BCUT2D eigenvalue weighted by atomic mass is 35.5. The number of fused-ring (bicyclic) bond motifs is 1. The van der Waals surface area contributed by atoms with Gasteiger partial charge in [0.2, 0.25) is 5.91 Å². The molecule has 0 unspecified atom stereocenters. The van der Waals surface area contributed by atoms with Crippen LogP contribution in [-0.4, -0.2) is 33.2 Å². The van der Waals surface area contributed by atoms with Crippen LogP contribution in [0.4, 0.5) is 5.69 Å². The van der Waals surface area contributed by atoms with Gasteiger partial charge in [-0.2, -0.15) is 0 Å². The third kappa shape index (κ3) is 4.05. The van der Waals surface area contributed by atoms with E-state index in [-0.39, 0.29) is 11.2 Å². The maximum atomic E-state index is 12.5. The number of aromatic nitrogens is 3. The minimum atomic E-state index is -0.360. The van der Waals surface area contributed by atoms with Crippen molar-refractivity contribution in [1.82, 2.24) is 15.0 Å². The van der Waals surface area contributed by atoms with E-state index in [1.54, 1.807) is 19.4 Å². The van der Waals surface area contributed by atoms with Crippen LogP contribution in [-0.2, 0) is 4.79 Å². The summed E-state index contributed by atoms with van der Waals surface area (Å²) >= 11 is 7.24. The minimum Gasteiger partial charge on any atom is -0.495 e. The number of amides is 1. The van der Waals surface area contributed by atoms with E-state index in [2.05, 4.69) is 20.3 Å². The van der Waals surface area contributed by atoms with Gasteiger partial charge in [-0.15, -0.1) is 0 Å². The molecule has 3 aromatic rings. The van der Waals surface area contributed by atoms with Gasteiger partial charge in [-0.25, -0.2) is 9.97 Å². The fourth-order valence-electron chi connectivity index (χ4n) is 2.28. The van der Waals surface area contributed by atoms with E-state index in [1.807, 2.05) is 32.0 Å². The number of H-pyrrole nitrogens is 1. The summed E-state index contributed by atoms with van der Waals surface area (Å²) in [4.78, 5) is 24.1. The molecule has 2 aromatic heterocycles. The molecule has 0 aliphatic heterocycles. The number of halogens is 1. The molecule has 1 aromatic carbocycles. The molecule has 6 nitrogen and oxygen atoms in total. The van der Waals surface area contributed by atoms with Gasteiger partial charge in [-0.3, -0.25) is 4.79 Å². The highest BCUT2D eigenvalue weighted by Crippen LogP contribution is 2.28. The van der Waals surface area contributed by atoms with Crippen molar-refractivity contribution in [1.29, 1.82) is 0 Å². The molecule has 1 atom stereocenters. The monoisotopic (exact) mass is 376 g/mol. The Kier molecular flexibility index (Phi) is 5.15. The standard InChI is InChI=1S/C17H17ClN4O2S/c1-9-4-5-14(24-3)12(6-9)20-16(23)10(2)25-17-21-13-7-11(18)8-19-15(13)22-17/h4-8,10H,1-3H3,(H,20,23)(H,19,21,22)/t10-/m0/s1. The van der Waals surface area contributed by atoms with Crippen molar-refractivity contribution in [3.8, 4) is 5.75 Å². The molecule has 2 heterocycles. The second-order valence-corrected chi connectivity index (χ2v) is 7.29. The number of anilines is 1. The van der Waals surface area contributed by atoms with Crippen molar-refractivity contribution in [2.45, 2.75) is 24.3 Å². The predicted octanol–water partition coefficient (Wildman–Crippen LogP) is 4.05. The number of pyridine rings is 1. The second-order valence-electron chi connectivity index (χ2n) is 5.52. The Balaban J connectivity index is 1.72. The molecule has 0 radical (unpaired) electrons. The average Bonchev–Trinajstić information content (AvgIpc) is 2.96. The number of hydrogen-bond donors (Lipinski definition) is 2. The molecule has 0 spiro atoms. The predicted molar refractivity (Wildman–Crippen MR) is 101 cm³/mol. The van der Waals surface area contributed by atoms with Crippen LogP contribution in [0.25, 0.3) is 11.2 Å². The van der Waals surface area contributed by atoms with Crippen molar-refractivity contribution in [2.24, 2.45) is 0 Å². The summed E-state index contributed by atoms with van der Waals surface area (Å²) in [6, 6.07) is 7.39. The van der Waals surface area contributed by atoms with Crippen LogP contribution >= 0.6 is 23.4 Å². The zero-order chi connectivity index (χ0) is 18.0. The molecule has 0 saturated carbocycles. The van der Waals surface area contributed by atoms with Gasteiger partial charge < -0.3 is 15.0 Å². The number of ether oxygens (including phenoxy) is 1. The molecule has 8 heteroatoms. The summed E-state index contributed by atoms with van der Waals surface area (Å²) in [5.41, 5.74) is 3.00. The number of nitrogens with zero attached hydrogens (tertiary/aromatic N) is 2. The van der Waals surface area contributed by atoms with Gasteiger partial charge in [0.25, 0.3) is 0 Å². The van der Waals surface area contributed by atoms with Gasteiger partial charge in [-0.1, -0.05) is 29.4 Å². The molecular weight excluding hydrogens is 360 g/mol. The van der Waals surface area contributed by atoms with Gasteiger partial charge in [-0.05, 0) is 37.6 Å². The third-order valence-corrected chi connectivity index (χ3v) is 4.74. The zero-order valence-corrected chi connectivity index (χ0v) is 15.5. The van der Waals surface area contributed by atoms with E-state index in [0.29, 0.717) is 27.3 Å². The number of benzene rings is 1. The number of methoxy groups -OCH3 is 1. The smallest absolute Gasteiger partial charge is 0.237 e. The number of aryl methyl sites for hydroxylation is 1. The number of rotatable bonds is 5. The normalized spacial score (nSPS) is 12.2. The van der Waals surface area contributed by atoms with Crippen LogP contribution in [0.2, 0.25) is 5.02 Å². The molecule has 130 valence electrons. The van der Waals surface area contributed by atoms with E-state index >= 15 is 0 Å². The number of hydrogen-bond acceptors (Lipinski definition) is 5. The molecular formula is C17H17ClN4O2S. The molecule has 0 saturated heterocycles. The van der Waals surface area contributed by atoms with Gasteiger partial charge in [0, 0.05) is 6.20 Å². The Morgan fingerprint density at radius 1 is 1.40 bits per heavy atom. The lowest BCUT2D eigenvalue weighted by molar-refractivity contribution is -0.115. The summed E-state index contributed by atoms with van der Waals surface area (Å²) in [7, 11) is 1.57. The van der Waals surface area contributed by atoms with E-state index in [4.69, 9.17) is 16.3 Å². The highest BCUT2D eigenvalue weighted by Gasteiger charge is 2.18. The quantitative estimate of drug-likeness (QED) is 0.657. The Hall–Kier alpha value is -2.25. The highest BCUT2D eigenvalue weighted by molar-refractivity contribution is 8.00. The minimum absolute atomic E-state index is 0.139. The Bertz CT molecular complexity index is 928. The summed E-state index contributed by atoms with van der Waals surface area (Å²) in [5, 5.41) is 3.69. The first-order valence-electron chi connectivity index (χ1n) is 7.59. The first kappa shape index (κ1) is 17.6. The van der Waals surface area contributed by atoms with E-state index < -0.39 is 0 Å². The molecule has 0 aliphatic rings. The SMILES string of the molecule is COc1ccc(C)cc1NC(=O)[C@H](C)Sc1nc2ncc(Cl)cc2[nH]1. The fraction of sp³-hybridized carbons (Fsp3) is 0.235. The van der Waals surface area contributed by atoms with Crippen LogP contribution < -0.4 is 10.1 Å². The summed E-state index contributed by atoms with van der Waals surface area (Å²) in [5.74, 6) is 0.485. The van der Waals surface area contributed by atoms with Crippen molar-refractivity contribution in [3.63, 3.8) is 0 Å². The molecule has 0 bridgehead atoms. The maximum absolute atomic E-state index is 12.5. The molecule has 1 amide bonds. The Labute approximate surface area is 154 Å². The van der Waals surface area contributed by atoms with Gasteiger partial charge in [0.1, 0.15) is 5.75 Å². The largest absolute Gasteiger partial charge is 0.495 e.